The van der Waals surface area contributed by atoms with E-state index >= 15 is 0 Å². The van der Waals surface area contributed by atoms with Crippen molar-refractivity contribution >= 4 is 17.5 Å². The lowest BCUT2D eigenvalue weighted by Gasteiger charge is -2.25. The van der Waals surface area contributed by atoms with Crippen molar-refractivity contribution in [2.24, 2.45) is 5.73 Å². The Balaban J connectivity index is 2.64. The standard InChI is InChI=1S/C9H11N5O4/c1-2-12-3-4-13-7(9(12)16)6(14(17)18)5(11-13)8(10)15/h2-4H2,1H3,(H2,10,15). The number of likely N-dealkylation sites (N-methyl/N-ethyl adjacent to an activating group) is 1. The number of rotatable bonds is 3. The maximum Gasteiger partial charge on any atom is 0.333 e. The highest BCUT2D eigenvalue weighted by Gasteiger charge is 2.38. The number of nitrogens with zero attached hydrogens (tertiary/aromatic N) is 4. The highest BCUT2D eigenvalue weighted by molar-refractivity contribution is 6.03. The normalized spacial score (nSPS) is 14.5. The highest BCUT2D eigenvalue weighted by atomic mass is 16.6. The minimum Gasteiger partial charge on any atom is -0.364 e. The summed E-state index contributed by atoms with van der Waals surface area (Å²) in [6.45, 7) is 2.92. The fraction of sp³-hybridized carbons (Fsp3) is 0.444. The van der Waals surface area contributed by atoms with Crippen LogP contribution in [0.25, 0.3) is 0 Å². The van der Waals surface area contributed by atoms with Gasteiger partial charge in [0.25, 0.3) is 11.8 Å². The molecule has 18 heavy (non-hydrogen) atoms. The molecule has 96 valence electrons. The Morgan fingerprint density at radius 3 is 2.72 bits per heavy atom. The molecule has 0 aromatic carbocycles. The number of hydrogen-bond acceptors (Lipinski definition) is 5. The van der Waals surface area contributed by atoms with Gasteiger partial charge in [0, 0.05) is 13.1 Å². The van der Waals surface area contributed by atoms with Gasteiger partial charge >= 0.3 is 5.69 Å². The summed E-state index contributed by atoms with van der Waals surface area (Å²) in [5.41, 5.74) is 3.78. The van der Waals surface area contributed by atoms with Gasteiger partial charge < -0.3 is 10.6 Å². The van der Waals surface area contributed by atoms with Crippen LogP contribution in [-0.2, 0) is 6.54 Å². The van der Waals surface area contributed by atoms with Crippen molar-refractivity contribution < 1.29 is 14.5 Å². The van der Waals surface area contributed by atoms with E-state index in [0.29, 0.717) is 19.6 Å². The van der Waals surface area contributed by atoms with Gasteiger partial charge in [-0.1, -0.05) is 0 Å². The second-order valence-corrected chi connectivity index (χ2v) is 3.78. The molecule has 0 fully saturated rings. The average Bonchev–Trinajstić information content (AvgIpc) is 2.70. The SMILES string of the molecule is CCN1CCn2nc(C(N)=O)c([N+](=O)[O-])c2C1=O. The molecule has 1 aromatic rings. The monoisotopic (exact) mass is 253 g/mol. The van der Waals surface area contributed by atoms with Crippen LogP contribution in [0.1, 0.15) is 27.9 Å². The van der Waals surface area contributed by atoms with E-state index in [2.05, 4.69) is 5.10 Å². The largest absolute Gasteiger partial charge is 0.364 e. The average molecular weight is 253 g/mol. The first-order chi connectivity index (χ1) is 8.47. The third kappa shape index (κ3) is 1.60. The molecule has 1 aliphatic rings. The minimum absolute atomic E-state index is 0.179. The molecule has 0 bridgehead atoms. The molecule has 2 N–H and O–H groups in total. The summed E-state index contributed by atoms with van der Waals surface area (Å²) in [7, 11) is 0. The topological polar surface area (TPSA) is 124 Å². The molecule has 0 saturated heterocycles. The first-order valence-electron chi connectivity index (χ1n) is 5.31. The van der Waals surface area contributed by atoms with Gasteiger partial charge in [-0.05, 0) is 6.92 Å². The van der Waals surface area contributed by atoms with E-state index in [1.807, 2.05) is 0 Å². The fourth-order valence-electron chi connectivity index (χ4n) is 1.93. The van der Waals surface area contributed by atoms with E-state index in [1.165, 1.54) is 9.58 Å². The first-order valence-corrected chi connectivity index (χ1v) is 5.31. The summed E-state index contributed by atoms with van der Waals surface area (Å²) < 4.78 is 1.17. The van der Waals surface area contributed by atoms with Crippen molar-refractivity contribution in [3.05, 3.63) is 21.5 Å². The second kappa shape index (κ2) is 4.09. The van der Waals surface area contributed by atoms with Gasteiger partial charge in [0.2, 0.25) is 11.4 Å². The Hall–Kier alpha value is -2.45. The molecule has 2 rings (SSSR count). The fourth-order valence-corrected chi connectivity index (χ4v) is 1.93. The Kier molecular flexibility index (Phi) is 2.73. The summed E-state index contributed by atoms with van der Waals surface area (Å²) in [6, 6.07) is 0. The zero-order valence-electron chi connectivity index (χ0n) is 9.62. The van der Waals surface area contributed by atoms with Crippen LogP contribution >= 0.6 is 0 Å². The number of aromatic nitrogens is 2. The molecule has 0 spiro atoms. The third-order valence-corrected chi connectivity index (χ3v) is 2.80. The lowest BCUT2D eigenvalue weighted by Crippen LogP contribution is -2.40. The molecule has 9 heteroatoms. The van der Waals surface area contributed by atoms with Crippen molar-refractivity contribution in [2.75, 3.05) is 13.1 Å². The van der Waals surface area contributed by atoms with Crippen LogP contribution in [0.4, 0.5) is 5.69 Å². The van der Waals surface area contributed by atoms with Crippen molar-refractivity contribution in [1.29, 1.82) is 0 Å². The number of fused-ring (bicyclic) bond motifs is 1. The quantitative estimate of drug-likeness (QED) is 0.567. The lowest BCUT2D eigenvalue weighted by molar-refractivity contribution is -0.385. The molecule has 1 aliphatic heterocycles. The van der Waals surface area contributed by atoms with Crippen molar-refractivity contribution in [3.8, 4) is 0 Å². The lowest BCUT2D eigenvalue weighted by atomic mass is 10.2. The van der Waals surface area contributed by atoms with E-state index in [0.717, 1.165) is 0 Å². The molecule has 0 saturated carbocycles. The molecular weight excluding hydrogens is 242 g/mol. The Labute approximate surface area is 101 Å². The highest BCUT2D eigenvalue weighted by Crippen LogP contribution is 2.27. The van der Waals surface area contributed by atoms with Gasteiger partial charge in [0.1, 0.15) is 0 Å². The number of carbonyl (C=O) groups excluding carboxylic acids is 2. The van der Waals surface area contributed by atoms with Crippen molar-refractivity contribution in [3.63, 3.8) is 0 Å². The van der Waals surface area contributed by atoms with Crippen LogP contribution in [0, 0.1) is 10.1 Å². The van der Waals surface area contributed by atoms with Crippen LogP contribution in [0.15, 0.2) is 0 Å². The van der Waals surface area contributed by atoms with Crippen molar-refractivity contribution in [2.45, 2.75) is 13.5 Å². The smallest absolute Gasteiger partial charge is 0.333 e. The first kappa shape index (κ1) is 12.0. The van der Waals surface area contributed by atoms with Gasteiger partial charge in [-0.25, -0.2) is 0 Å². The van der Waals surface area contributed by atoms with Gasteiger partial charge in [0.05, 0.1) is 11.5 Å². The van der Waals surface area contributed by atoms with Crippen molar-refractivity contribution in [1.82, 2.24) is 14.7 Å². The van der Waals surface area contributed by atoms with Crippen LogP contribution < -0.4 is 5.73 Å². The maximum absolute atomic E-state index is 12.0. The van der Waals surface area contributed by atoms with E-state index in [-0.39, 0.29) is 5.69 Å². The third-order valence-electron chi connectivity index (χ3n) is 2.80. The van der Waals surface area contributed by atoms with E-state index < -0.39 is 28.1 Å². The number of hydrogen-bond donors (Lipinski definition) is 1. The summed E-state index contributed by atoms with van der Waals surface area (Å²) in [5.74, 6) is -1.52. The van der Waals surface area contributed by atoms with Crippen LogP contribution in [0.3, 0.4) is 0 Å². The molecule has 0 radical (unpaired) electrons. The van der Waals surface area contributed by atoms with E-state index in [4.69, 9.17) is 5.73 Å². The maximum atomic E-state index is 12.0. The molecule has 0 unspecified atom stereocenters. The Bertz CT molecular complexity index is 549. The zero-order valence-corrected chi connectivity index (χ0v) is 9.62. The summed E-state index contributed by atoms with van der Waals surface area (Å²) in [5, 5.41) is 14.7. The van der Waals surface area contributed by atoms with Gasteiger partial charge in [-0.15, -0.1) is 0 Å². The Morgan fingerprint density at radius 1 is 1.56 bits per heavy atom. The zero-order chi connectivity index (χ0) is 13.4. The van der Waals surface area contributed by atoms with Crippen LogP contribution in [-0.4, -0.2) is 44.5 Å². The predicted molar refractivity (Wildman–Crippen MR) is 59.0 cm³/mol. The molecule has 2 amide bonds. The van der Waals surface area contributed by atoms with E-state index in [1.54, 1.807) is 6.92 Å². The predicted octanol–water partition coefficient (Wildman–Crippen LogP) is -0.634. The number of amides is 2. The molecule has 9 nitrogen and oxygen atoms in total. The number of primary amides is 1. The minimum atomic E-state index is -1.01. The summed E-state index contributed by atoms with van der Waals surface area (Å²) in [4.78, 5) is 34.8. The van der Waals surface area contributed by atoms with Crippen LogP contribution in [0.5, 0.6) is 0 Å². The molecule has 0 aliphatic carbocycles. The van der Waals surface area contributed by atoms with E-state index in [9.17, 15) is 19.7 Å². The number of carbonyl (C=O) groups is 2. The molecule has 1 aromatic heterocycles. The number of nitro groups is 1. The number of nitrogens with two attached hydrogens (primary N) is 1. The molecule has 2 heterocycles. The van der Waals surface area contributed by atoms with Gasteiger partial charge in [-0.3, -0.25) is 24.4 Å². The van der Waals surface area contributed by atoms with Crippen LogP contribution in [0.2, 0.25) is 0 Å². The summed E-state index contributed by atoms with van der Waals surface area (Å²) >= 11 is 0. The Morgan fingerprint density at radius 2 is 2.22 bits per heavy atom. The second-order valence-electron chi connectivity index (χ2n) is 3.78. The molecular formula is C9H11N5O4. The molecule has 0 atom stereocenters. The van der Waals surface area contributed by atoms with Gasteiger partial charge in [-0.2, -0.15) is 5.10 Å². The summed E-state index contributed by atoms with van der Waals surface area (Å²) in [6.07, 6.45) is 0. The van der Waals surface area contributed by atoms with Gasteiger partial charge in [0.15, 0.2) is 0 Å².